The van der Waals surface area contributed by atoms with Gasteiger partial charge in [-0.1, -0.05) is 36.7 Å². The third-order valence-electron chi connectivity index (χ3n) is 2.68. The minimum absolute atomic E-state index is 0.169. The summed E-state index contributed by atoms with van der Waals surface area (Å²) in [5, 5.41) is 1.00. The lowest BCUT2D eigenvalue weighted by Gasteiger charge is -2.28. The molecule has 0 saturated heterocycles. The van der Waals surface area contributed by atoms with Gasteiger partial charge >= 0.3 is 0 Å². The van der Waals surface area contributed by atoms with E-state index in [0.717, 1.165) is 16.0 Å². The van der Waals surface area contributed by atoms with E-state index < -0.39 is 0 Å². The largest absolute Gasteiger partial charge is 0.207 e. The molecule has 0 bridgehead atoms. The highest BCUT2D eigenvalue weighted by Crippen LogP contribution is 2.32. The second-order valence-corrected chi connectivity index (χ2v) is 6.72. The van der Waals surface area contributed by atoms with Gasteiger partial charge in [-0.2, -0.15) is 0 Å². The smallest absolute Gasteiger partial charge is 0.123 e. The van der Waals surface area contributed by atoms with E-state index in [1.54, 1.807) is 11.8 Å². The van der Waals surface area contributed by atoms with Crippen LogP contribution in [-0.4, -0.2) is 11.1 Å². The van der Waals surface area contributed by atoms with Crippen LogP contribution in [0.1, 0.15) is 20.8 Å². The molecular weight excluding hydrogens is 287 g/mol. The molecule has 0 N–H and O–H groups in total. The Morgan fingerprint density at radius 2 is 1.81 bits per heavy atom. The van der Waals surface area contributed by atoms with Gasteiger partial charge in [-0.15, -0.1) is 11.8 Å². The summed E-state index contributed by atoms with van der Waals surface area (Å²) in [6.07, 6.45) is 0. The Morgan fingerprint density at radius 1 is 1.25 bits per heavy atom. The second-order valence-electron chi connectivity index (χ2n) is 4.98. The van der Waals surface area contributed by atoms with Gasteiger partial charge in [-0.25, -0.2) is 4.39 Å². The first-order chi connectivity index (χ1) is 7.43. The third-order valence-corrected chi connectivity index (χ3v) is 4.63. The normalized spacial score (nSPS) is 13.8. The zero-order valence-electron chi connectivity index (χ0n) is 9.97. The maximum atomic E-state index is 12.7. The summed E-state index contributed by atoms with van der Waals surface area (Å²) in [6.45, 7) is 6.76. The fourth-order valence-corrected chi connectivity index (χ4v) is 4.10. The Labute approximate surface area is 110 Å². The van der Waals surface area contributed by atoms with E-state index in [4.69, 9.17) is 0 Å². The van der Waals surface area contributed by atoms with Crippen LogP contribution in [0.3, 0.4) is 0 Å². The number of rotatable bonds is 4. The molecule has 0 amide bonds. The Bertz CT molecular complexity index is 316. The molecule has 16 heavy (non-hydrogen) atoms. The van der Waals surface area contributed by atoms with Crippen molar-refractivity contribution in [1.29, 1.82) is 0 Å². The second kappa shape index (κ2) is 6.06. The molecule has 1 aromatic carbocycles. The highest BCUT2D eigenvalue weighted by Gasteiger charge is 2.23. The average Bonchev–Trinajstić information content (AvgIpc) is 2.19. The Kier molecular flexibility index (Phi) is 5.32. The van der Waals surface area contributed by atoms with Crippen molar-refractivity contribution in [3.8, 4) is 0 Å². The van der Waals surface area contributed by atoms with Gasteiger partial charge in [-0.05, 0) is 35.6 Å². The molecule has 0 aliphatic carbocycles. The Balaban J connectivity index is 2.53. The van der Waals surface area contributed by atoms with Gasteiger partial charge in [-0.3, -0.25) is 0 Å². The molecule has 90 valence electrons. The maximum Gasteiger partial charge on any atom is 0.123 e. The number of hydrogen-bond acceptors (Lipinski definition) is 1. The van der Waals surface area contributed by atoms with Crippen molar-refractivity contribution >= 4 is 27.7 Å². The summed E-state index contributed by atoms with van der Waals surface area (Å²) < 4.78 is 12.7. The van der Waals surface area contributed by atoms with Crippen molar-refractivity contribution in [2.75, 3.05) is 11.1 Å². The van der Waals surface area contributed by atoms with Crippen LogP contribution < -0.4 is 0 Å². The number of alkyl halides is 1. The molecule has 0 nitrogen and oxygen atoms in total. The number of halogens is 2. The summed E-state index contributed by atoms with van der Waals surface area (Å²) in [6, 6.07) is 6.72. The molecule has 0 aromatic heterocycles. The van der Waals surface area contributed by atoms with Gasteiger partial charge in [0.25, 0.3) is 0 Å². The van der Waals surface area contributed by atoms with Crippen LogP contribution >= 0.6 is 27.7 Å². The van der Waals surface area contributed by atoms with Gasteiger partial charge in [0.05, 0.1) is 0 Å². The summed E-state index contributed by atoms with van der Waals surface area (Å²) in [7, 11) is 0. The predicted molar refractivity (Wildman–Crippen MR) is 73.9 cm³/mol. The van der Waals surface area contributed by atoms with Gasteiger partial charge in [0.1, 0.15) is 5.82 Å². The van der Waals surface area contributed by atoms with E-state index in [9.17, 15) is 4.39 Å². The molecule has 1 rings (SSSR count). The van der Waals surface area contributed by atoms with Crippen molar-refractivity contribution in [2.24, 2.45) is 11.3 Å². The third kappa shape index (κ3) is 4.46. The molecular formula is C13H18BrFS. The van der Waals surface area contributed by atoms with Crippen LogP contribution in [0.5, 0.6) is 0 Å². The number of hydrogen-bond donors (Lipinski definition) is 0. The van der Waals surface area contributed by atoms with Crippen molar-refractivity contribution in [2.45, 2.75) is 25.7 Å². The van der Waals surface area contributed by atoms with E-state index in [0.29, 0.717) is 11.3 Å². The van der Waals surface area contributed by atoms with Gasteiger partial charge in [0.2, 0.25) is 0 Å². The van der Waals surface area contributed by atoms with Crippen LogP contribution in [0.15, 0.2) is 29.2 Å². The molecule has 0 aliphatic rings. The molecule has 1 unspecified atom stereocenters. The molecule has 0 aliphatic heterocycles. The first kappa shape index (κ1) is 14.0. The fraction of sp³-hybridized carbons (Fsp3) is 0.538. The van der Waals surface area contributed by atoms with Crippen molar-refractivity contribution in [1.82, 2.24) is 0 Å². The lowest BCUT2D eigenvalue weighted by Crippen LogP contribution is -2.23. The lowest BCUT2D eigenvalue weighted by molar-refractivity contribution is 0.295. The fourth-order valence-electron chi connectivity index (χ4n) is 1.25. The van der Waals surface area contributed by atoms with E-state index >= 15 is 0 Å². The molecule has 1 aromatic rings. The summed E-state index contributed by atoms with van der Waals surface area (Å²) in [5.74, 6) is 1.50. The molecule has 0 spiro atoms. The minimum atomic E-state index is -0.169. The summed E-state index contributed by atoms with van der Waals surface area (Å²) in [5.41, 5.74) is 0.302. The molecule has 0 fully saturated rings. The first-order valence-corrected chi connectivity index (χ1v) is 7.48. The molecule has 0 heterocycles. The van der Waals surface area contributed by atoms with Crippen LogP contribution in [0.2, 0.25) is 0 Å². The summed E-state index contributed by atoms with van der Waals surface area (Å²) in [4.78, 5) is 1.14. The quantitative estimate of drug-likeness (QED) is 0.559. The number of thioether (sulfide) groups is 1. The van der Waals surface area contributed by atoms with Crippen molar-refractivity contribution in [3.05, 3.63) is 30.1 Å². The zero-order chi connectivity index (χ0) is 12.2. The minimum Gasteiger partial charge on any atom is -0.207 e. The standard InChI is InChI=1S/C13H18BrFS/c1-13(2,3)10(8-14)9-16-12-6-4-11(15)5-7-12/h4-7,10H,8-9H2,1-3H3. The Hall–Kier alpha value is -0.0200. The van der Waals surface area contributed by atoms with Gasteiger partial charge < -0.3 is 0 Å². The van der Waals surface area contributed by atoms with Crippen molar-refractivity contribution < 1.29 is 4.39 Å². The first-order valence-electron chi connectivity index (χ1n) is 5.38. The molecule has 0 radical (unpaired) electrons. The lowest BCUT2D eigenvalue weighted by atomic mass is 9.83. The molecule has 1 atom stereocenters. The van der Waals surface area contributed by atoms with E-state index in [1.165, 1.54) is 12.1 Å². The average molecular weight is 305 g/mol. The SMILES string of the molecule is CC(C)(C)C(CBr)CSc1ccc(F)cc1. The monoisotopic (exact) mass is 304 g/mol. The van der Waals surface area contributed by atoms with Gasteiger partial charge in [0.15, 0.2) is 0 Å². The number of benzene rings is 1. The van der Waals surface area contributed by atoms with E-state index in [2.05, 4.69) is 36.7 Å². The van der Waals surface area contributed by atoms with Gasteiger partial charge in [0, 0.05) is 16.0 Å². The zero-order valence-corrected chi connectivity index (χ0v) is 12.4. The molecule has 3 heteroatoms. The van der Waals surface area contributed by atoms with Crippen LogP contribution in [0.4, 0.5) is 4.39 Å². The van der Waals surface area contributed by atoms with E-state index in [1.807, 2.05) is 12.1 Å². The van der Waals surface area contributed by atoms with Crippen LogP contribution in [0.25, 0.3) is 0 Å². The predicted octanol–water partition coefficient (Wildman–Crippen LogP) is 4.98. The van der Waals surface area contributed by atoms with Crippen LogP contribution in [-0.2, 0) is 0 Å². The Morgan fingerprint density at radius 3 is 2.25 bits per heavy atom. The van der Waals surface area contributed by atoms with Crippen LogP contribution in [0, 0.1) is 17.2 Å². The topological polar surface area (TPSA) is 0 Å². The maximum absolute atomic E-state index is 12.7. The highest BCUT2D eigenvalue weighted by molar-refractivity contribution is 9.09. The van der Waals surface area contributed by atoms with Crippen molar-refractivity contribution in [3.63, 3.8) is 0 Å². The summed E-state index contributed by atoms with van der Waals surface area (Å²) >= 11 is 5.36. The van der Waals surface area contributed by atoms with E-state index in [-0.39, 0.29) is 5.82 Å². The molecule has 0 saturated carbocycles. The highest BCUT2D eigenvalue weighted by atomic mass is 79.9.